The Morgan fingerprint density at radius 2 is 1.87 bits per heavy atom. The van der Waals surface area contributed by atoms with Crippen molar-refractivity contribution in [2.75, 3.05) is 37.5 Å². The molecule has 0 spiro atoms. The van der Waals surface area contributed by atoms with Crippen molar-refractivity contribution in [1.82, 2.24) is 19.0 Å². The van der Waals surface area contributed by atoms with E-state index in [1.54, 1.807) is 32.5 Å². The number of ether oxygens (including phenoxy) is 1. The summed E-state index contributed by atoms with van der Waals surface area (Å²) in [6.07, 6.45) is -0.406. The van der Waals surface area contributed by atoms with Gasteiger partial charge in [0.05, 0.1) is 23.7 Å². The number of amides is 1. The molecule has 130 valence electrons. The van der Waals surface area contributed by atoms with Gasteiger partial charge in [0, 0.05) is 33.2 Å². The van der Waals surface area contributed by atoms with E-state index in [0.29, 0.717) is 31.1 Å². The Morgan fingerprint density at radius 1 is 1.26 bits per heavy atom. The summed E-state index contributed by atoms with van der Waals surface area (Å²) in [5, 5.41) is 4.20. The predicted octanol–water partition coefficient (Wildman–Crippen LogP) is 0.468. The smallest absolute Gasteiger partial charge is 0.409 e. The van der Waals surface area contributed by atoms with Crippen LogP contribution in [0.3, 0.4) is 0 Å². The summed E-state index contributed by atoms with van der Waals surface area (Å²) in [5.41, 5.74) is 1.87. The van der Waals surface area contributed by atoms with Crippen LogP contribution in [0.1, 0.15) is 18.3 Å². The molecule has 1 aromatic rings. The monoisotopic (exact) mass is 345 g/mol. The van der Waals surface area contributed by atoms with Crippen LogP contribution in [-0.4, -0.2) is 66.3 Å². The number of carbonyl (C=O) groups excluding carboxylic acids is 1. The maximum absolute atomic E-state index is 12.5. The van der Waals surface area contributed by atoms with Gasteiger partial charge in [-0.15, -0.1) is 0 Å². The zero-order chi connectivity index (χ0) is 17.2. The minimum atomic E-state index is -3.68. The summed E-state index contributed by atoms with van der Waals surface area (Å²) in [7, 11) is -1.92. The fourth-order valence-electron chi connectivity index (χ4n) is 2.44. The number of hydrogen-bond donors (Lipinski definition) is 1. The third-order valence-electron chi connectivity index (χ3n) is 3.84. The van der Waals surface area contributed by atoms with Crippen LogP contribution in [0.2, 0.25) is 0 Å². The molecule has 1 fully saturated rings. The molecule has 2 heterocycles. The highest BCUT2D eigenvalue weighted by Crippen LogP contribution is 2.21. The summed E-state index contributed by atoms with van der Waals surface area (Å²) in [6.45, 7) is 6.67. The van der Waals surface area contributed by atoms with Gasteiger partial charge in [0.25, 0.3) is 0 Å². The number of rotatable bonds is 4. The quantitative estimate of drug-likeness (QED) is 0.855. The number of anilines is 1. The van der Waals surface area contributed by atoms with Gasteiger partial charge in [0.2, 0.25) is 0 Å². The molecule has 1 amide bonds. The maximum Gasteiger partial charge on any atom is 0.409 e. The number of aryl methyl sites for hydroxylation is 2. The van der Waals surface area contributed by atoms with Crippen molar-refractivity contribution in [3.05, 3.63) is 11.4 Å². The second kappa shape index (κ2) is 6.75. The Bertz CT molecular complexity index is 677. The van der Waals surface area contributed by atoms with E-state index < -0.39 is 16.3 Å². The van der Waals surface area contributed by atoms with E-state index in [1.165, 1.54) is 9.21 Å². The van der Waals surface area contributed by atoms with Gasteiger partial charge in [0.15, 0.2) is 0 Å². The van der Waals surface area contributed by atoms with Crippen LogP contribution in [0.4, 0.5) is 10.5 Å². The normalized spacial score (nSPS) is 16.4. The standard InChI is InChI=1S/C13H23N5O4S/c1-5-22-13(19)17-6-8-18(9-7-17)23(20,21)15-12-10(2)14-16(4)11(12)3/h15H,5-9H2,1-4H3. The van der Waals surface area contributed by atoms with E-state index in [9.17, 15) is 13.2 Å². The van der Waals surface area contributed by atoms with Crippen LogP contribution < -0.4 is 4.72 Å². The molecule has 0 atom stereocenters. The molecule has 1 aliphatic heterocycles. The molecule has 1 N–H and O–H groups in total. The summed E-state index contributed by atoms with van der Waals surface area (Å²) < 4.78 is 35.5. The fourth-order valence-corrected chi connectivity index (χ4v) is 3.77. The molecule has 0 radical (unpaired) electrons. The molecule has 1 aliphatic rings. The Hall–Kier alpha value is -1.81. The van der Waals surface area contributed by atoms with Crippen molar-refractivity contribution in [3.8, 4) is 0 Å². The van der Waals surface area contributed by atoms with Crippen LogP contribution in [-0.2, 0) is 22.0 Å². The average Bonchev–Trinajstić information content (AvgIpc) is 2.74. The topological polar surface area (TPSA) is 96.8 Å². The van der Waals surface area contributed by atoms with Crippen molar-refractivity contribution in [1.29, 1.82) is 0 Å². The first-order chi connectivity index (χ1) is 10.8. The molecule has 0 saturated carbocycles. The number of nitrogens with zero attached hydrogens (tertiary/aromatic N) is 4. The van der Waals surface area contributed by atoms with Crippen LogP contribution in [0.5, 0.6) is 0 Å². The van der Waals surface area contributed by atoms with E-state index >= 15 is 0 Å². The molecule has 0 aliphatic carbocycles. The Morgan fingerprint density at radius 3 is 2.35 bits per heavy atom. The number of piperazine rings is 1. The lowest BCUT2D eigenvalue weighted by Gasteiger charge is -2.33. The summed E-state index contributed by atoms with van der Waals surface area (Å²) in [5.74, 6) is 0. The second-order valence-corrected chi connectivity index (χ2v) is 7.03. The minimum absolute atomic E-state index is 0.229. The zero-order valence-electron chi connectivity index (χ0n) is 13.9. The number of hydrogen-bond acceptors (Lipinski definition) is 5. The zero-order valence-corrected chi connectivity index (χ0v) is 14.7. The summed E-state index contributed by atoms with van der Waals surface area (Å²) >= 11 is 0. The van der Waals surface area contributed by atoms with Gasteiger partial charge in [-0.1, -0.05) is 0 Å². The van der Waals surface area contributed by atoms with Crippen molar-refractivity contribution >= 4 is 22.0 Å². The van der Waals surface area contributed by atoms with Gasteiger partial charge in [0.1, 0.15) is 0 Å². The number of carbonyl (C=O) groups is 1. The molecule has 0 bridgehead atoms. The largest absolute Gasteiger partial charge is 0.450 e. The lowest BCUT2D eigenvalue weighted by atomic mass is 10.3. The van der Waals surface area contributed by atoms with Gasteiger partial charge >= 0.3 is 16.3 Å². The van der Waals surface area contributed by atoms with Crippen molar-refractivity contribution in [3.63, 3.8) is 0 Å². The van der Waals surface area contributed by atoms with Gasteiger partial charge in [-0.05, 0) is 20.8 Å². The van der Waals surface area contributed by atoms with E-state index in [1.807, 2.05) is 0 Å². The molecule has 10 heteroatoms. The third-order valence-corrected chi connectivity index (χ3v) is 5.35. The van der Waals surface area contributed by atoms with Gasteiger partial charge in [-0.25, -0.2) is 4.79 Å². The predicted molar refractivity (Wildman–Crippen MR) is 85.4 cm³/mol. The SMILES string of the molecule is CCOC(=O)N1CCN(S(=O)(=O)Nc2c(C)nn(C)c2C)CC1. The summed E-state index contributed by atoms with van der Waals surface area (Å²) in [4.78, 5) is 13.2. The summed E-state index contributed by atoms with van der Waals surface area (Å²) in [6, 6.07) is 0. The maximum atomic E-state index is 12.5. The molecule has 0 aromatic carbocycles. The molecular weight excluding hydrogens is 322 g/mol. The Balaban J connectivity index is 2.03. The van der Waals surface area contributed by atoms with Gasteiger partial charge in [-0.3, -0.25) is 9.40 Å². The van der Waals surface area contributed by atoms with Gasteiger partial charge < -0.3 is 9.64 Å². The first kappa shape index (κ1) is 17.5. The molecule has 1 saturated heterocycles. The van der Waals surface area contributed by atoms with Crippen molar-refractivity contribution in [2.45, 2.75) is 20.8 Å². The minimum Gasteiger partial charge on any atom is -0.450 e. The molecule has 9 nitrogen and oxygen atoms in total. The number of aromatic nitrogens is 2. The first-order valence-corrected chi connectivity index (χ1v) is 8.90. The third kappa shape index (κ3) is 3.75. The van der Waals surface area contributed by atoms with E-state index in [4.69, 9.17) is 4.74 Å². The van der Waals surface area contributed by atoms with E-state index in [2.05, 4.69) is 9.82 Å². The lowest BCUT2D eigenvalue weighted by molar-refractivity contribution is 0.0935. The van der Waals surface area contributed by atoms with Crippen LogP contribution in [0.15, 0.2) is 0 Å². The fraction of sp³-hybridized carbons (Fsp3) is 0.692. The Labute approximate surface area is 136 Å². The molecule has 1 aromatic heterocycles. The highest BCUT2D eigenvalue weighted by Gasteiger charge is 2.30. The van der Waals surface area contributed by atoms with E-state index in [0.717, 1.165) is 5.69 Å². The molecular formula is C13H23N5O4S. The molecule has 2 rings (SSSR count). The molecule has 23 heavy (non-hydrogen) atoms. The highest BCUT2D eigenvalue weighted by atomic mass is 32.2. The number of nitrogens with one attached hydrogen (secondary N) is 1. The molecule has 0 unspecified atom stereocenters. The van der Waals surface area contributed by atoms with Crippen LogP contribution in [0, 0.1) is 13.8 Å². The second-order valence-electron chi connectivity index (χ2n) is 5.36. The average molecular weight is 345 g/mol. The van der Waals surface area contributed by atoms with Crippen LogP contribution in [0.25, 0.3) is 0 Å². The Kier molecular flexibility index (Phi) is 5.15. The lowest BCUT2D eigenvalue weighted by Crippen LogP contribution is -2.52. The van der Waals surface area contributed by atoms with E-state index in [-0.39, 0.29) is 13.1 Å². The van der Waals surface area contributed by atoms with Crippen LogP contribution >= 0.6 is 0 Å². The highest BCUT2D eigenvalue weighted by molar-refractivity contribution is 7.90. The van der Waals surface area contributed by atoms with Crippen molar-refractivity contribution in [2.24, 2.45) is 7.05 Å². The van der Waals surface area contributed by atoms with Gasteiger partial charge in [-0.2, -0.15) is 17.8 Å². The first-order valence-electron chi connectivity index (χ1n) is 7.46. The van der Waals surface area contributed by atoms with Crippen molar-refractivity contribution < 1.29 is 17.9 Å².